The molecule has 6 aromatic rings. The zero-order valence-corrected chi connectivity index (χ0v) is 34.4. The zero-order chi connectivity index (χ0) is 34.2. The summed E-state index contributed by atoms with van der Waals surface area (Å²) in [6, 6.07) is 41.4. The van der Waals surface area contributed by atoms with E-state index in [1.807, 2.05) is 0 Å². The Morgan fingerprint density at radius 3 is 1.88 bits per heavy atom. The number of hydrogen-bond donors (Lipinski definition) is 0. The maximum Gasteiger partial charge on any atom is 0.0307 e. The molecule has 2 radical (unpaired) electrons. The van der Waals surface area contributed by atoms with Crippen molar-refractivity contribution in [1.29, 1.82) is 0 Å². The van der Waals surface area contributed by atoms with Gasteiger partial charge in [0.05, 0.1) is 0 Å². The molecule has 0 saturated heterocycles. The summed E-state index contributed by atoms with van der Waals surface area (Å²) in [6.45, 7) is 20.6. The minimum Gasteiger partial charge on any atom is -0.126 e. The number of rotatable bonds is 5. The summed E-state index contributed by atoms with van der Waals surface area (Å²) in [7, 11) is 1.08. The third kappa shape index (κ3) is 7.48. The summed E-state index contributed by atoms with van der Waals surface area (Å²) in [5.74, 6) is 0.257. The maximum absolute atomic E-state index is 2.54. The Morgan fingerprint density at radius 1 is 0.633 bits per heavy atom. The van der Waals surface area contributed by atoms with Crippen molar-refractivity contribution >= 4 is 37.1 Å². The molecule has 1 unspecified atom stereocenters. The molecule has 0 fully saturated rings. The van der Waals surface area contributed by atoms with Gasteiger partial charge in [0.25, 0.3) is 0 Å². The van der Waals surface area contributed by atoms with Crippen LogP contribution in [0.3, 0.4) is 0 Å². The first-order valence-electron chi connectivity index (χ1n) is 17.7. The molecule has 2 heteroatoms. The molecule has 0 spiro atoms. The summed E-state index contributed by atoms with van der Waals surface area (Å²) < 4.78 is 0. The van der Waals surface area contributed by atoms with E-state index in [0.717, 1.165) is 22.4 Å². The van der Waals surface area contributed by atoms with Crippen molar-refractivity contribution in [2.24, 2.45) is 0 Å². The van der Waals surface area contributed by atoms with E-state index in [1.54, 1.807) is 0 Å². The van der Waals surface area contributed by atoms with Crippen molar-refractivity contribution in [2.45, 2.75) is 91.1 Å². The van der Waals surface area contributed by atoms with Gasteiger partial charge in [-0.1, -0.05) is 193 Å². The van der Waals surface area contributed by atoms with E-state index in [2.05, 4.69) is 177 Å². The minimum atomic E-state index is 0. The van der Waals surface area contributed by atoms with E-state index in [0.29, 0.717) is 0 Å². The Labute approximate surface area is 317 Å². The largest absolute Gasteiger partial charge is 0.126 e. The third-order valence-corrected chi connectivity index (χ3v) is 9.89. The fraction of sp³-hybridized carbons (Fsp3) is 0.298. The molecule has 0 N–H and O–H groups in total. The van der Waals surface area contributed by atoms with E-state index in [4.69, 9.17) is 0 Å². The van der Waals surface area contributed by atoms with Gasteiger partial charge >= 0.3 is 0 Å². The van der Waals surface area contributed by atoms with Crippen molar-refractivity contribution in [1.82, 2.24) is 0 Å². The van der Waals surface area contributed by atoms with E-state index < -0.39 is 0 Å². The summed E-state index contributed by atoms with van der Waals surface area (Å²) in [5, 5.41) is 5.53. The number of benzene rings is 5. The van der Waals surface area contributed by atoms with Crippen molar-refractivity contribution in [2.75, 3.05) is 0 Å². The average molecular weight is 735 g/mol. The second-order valence-electron chi connectivity index (χ2n) is 15.6. The molecule has 0 aliphatic heterocycles. The Balaban J connectivity index is 0.00000113. The van der Waals surface area contributed by atoms with Gasteiger partial charge in [-0.2, -0.15) is 0 Å². The van der Waals surface area contributed by atoms with Gasteiger partial charge in [-0.15, -0.1) is 33.7 Å². The van der Waals surface area contributed by atoms with Gasteiger partial charge in [-0.25, -0.2) is 0 Å². The first-order valence-corrected chi connectivity index (χ1v) is 19.7. The van der Waals surface area contributed by atoms with Crippen molar-refractivity contribution in [3.8, 4) is 22.3 Å². The van der Waals surface area contributed by atoms with Gasteiger partial charge in [0.2, 0.25) is 0 Å². The normalized spacial score (nSPS) is 14.2. The molecule has 6 aromatic carbocycles. The van der Waals surface area contributed by atoms with Crippen LogP contribution in [0.15, 0.2) is 115 Å². The van der Waals surface area contributed by atoms with Crippen LogP contribution in [0.5, 0.6) is 0 Å². The number of hydrogen-bond acceptors (Lipinski definition) is 0. The molecule has 0 bridgehead atoms. The fourth-order valence-electron chi connectivity index (χ4n) is 7.33. The van der Waals surface area contributed by atoms with Crippen LogP contribution in [0.25, 0.3) is 49.9 Å². The van der Waals surface area contributed by atoms with Crippen LogP contribution in [0.4, 0.5) is 0 Å². The molecule has 1 aliphatic carbocycles. The predicted molar refractivity (Wildman–Crippen MR) is 214 cm³/mol. The summed E-state index contributed by atoms with van der Waals surface area (Å²) in [6.07, 6.45) is 4.76. The summed E-state index contributed by atoms with van der Waals surface area (Å²) >= 11 is 0. The second kappa shape index (κ2) is 15.0. The molecule has 0 heterocycles. The SMILES string of the molecule is CCCC1=Cc2c(-c3ccc(-c4ccccc4)cc3)cccc2C1c1cc(C(C)(C)C)cc2c1[cH-]c1ccc(C(C)(C)C)cc12.C[Si]C.[Zr]. The molecular formula is C47H51SiZr-. The Bertz CT molecular complexity index is 2080. The van der Waals surface area contributed by atoms with Crippen LogP contribution in [-0.4, -0.2) is 9.52 Å². The first kappa shape index (κ1) is 37.1. The van der Waals surface area contributed by atoms with Crippen LogP contribution in [-0.2, 0) is 37.0 Å². The van der Waals surface area contributed by atoms with E-state index >= 15 is 0 Å². The Morgan fingerprint density at radius 2 is 1.24 bits per heavy atom. The number of fused-ring (bicyclic) bond motifs is 4. The van der Waals surface area contributed by atoms with Gasteiger partial charge in [-0.05, 0) is 50.6 Å². The van der Waals surface area contributed by atoms with E-state index in [1.165, 1.54) is 77.2 Å². The second-order valence-corrected chi connectivity index (χ2v) is 16.6. The van der Waals surface area contributed by atoms with E-state index in [-0.39, 0.29) is 43.0 Å². The van der Waals surface area contributed by atoms with Crippen LogP contribution >= 0.6 is 0 Å². The third-order valence-electron chi connectivity index (χ3n) is 9.89. The topological polar surface area (TPSA) is 0 Å². The van der Waals surface area contributed by atoms with Crippen molar-refractivity contribution in [3.63, 3.8) is 0 Å². The molecule has 49 heavy (non-hydrogen) atoms. The molecule has 0 aromatic heterocycles. The van der Waals surface area contributed by atoms with Crippen LogP contribution in [0, 0.1) is 0 Å². The molecule has 0 nitrogen and oxygen atoms in total. The molecule has 7 rings (SSSR count). The monoisotopic (exact) mass is 733 g/mol. The predicted octanol–water partition coefficient (Wildman–Crippen LogP) is 13.8. The summed E-state index contributed by atoms with van der Waals surface area (Å²) in [5.41, 5.74) is 13.9. The summed E-state index contributed by atoms with van der Waals surface area (Å²) in [4.78, 5) is 0. The van der Waals surface area contributed by atoms with Crippen molar-refractivity contribution in [3.05, 3.63) is 143 Å². The Hall–Kier alpha value is -3.19. The standard InChI is InChI=1S/C45H45.C2H6Si.Zr/c1-8-13-33-25-39-36(31-20-18-30(19-21-31)29-14-10-9-11-15-29)16-12-17-37(39)43(33)42-28-35(45(5,6)7)27-41-38-26-34(44(2,3)4)23-22-32(38)24-40(41)42;1-3-2;/h9-12,14-28,43H,8,13H2,1-7H3;1-2H3;/q-1;;. The smallest absolute Gasteiger partial charge is 0.0307 e. The minimum absolute atomic E-state index is 0. The van der Waals surface area contributed by atoms with Gasteiger partial charge < -0.3 is 0 Å². The first-order chi connectivity index (χ1) is 22.9. The van der Waals surface area contributed by atoms with E-state index in [9.17, 15) is 0 Å². The quantitative estimate of drug-likeness (QED) is 0.122. The molecular weight excluding hydrogens is 684 g/mol. The molecule has 248 valence electrons. The van der Waals surface area contributed by atoms with Gasteiger partial charge in [0, 0.05) is 41.6 Å². The fourth-order valence-corrected chi connectivity index (χ4v) is 7.33. The van der Waals surface area contributed by atoms with Gasteiger partial charge in [0.1, 0.15) is 0 Å². The molecule has 0 amide bonds. The van der Waals surface area contributed by atoms with Crippen LogP contribution in [0.1, 0.15) is 95.0 Å². The number of allylic oxidation sites excluding steroid dienone is 1. The molecule has 1 atom stereocenters. The van der Waals surface area contributed by atoms with Crippen LogP contribution < -0.4 is 0 Å². The van der Waals surface area contributed by atoms with Crippen LogP contribution in [0.2, 0.25) is 13.1 Å². The van der Waals surface area contributed by atoms with Gasteiger partial charge in [-0.3, -0.25) is 0 Å². The maximum atomic E-state index is 2.54. The molecule has 0 saturated carbocycles. The zero-order valence-electron chi connectivity index (χ0n) is 31.0. The Kier molecular flexibility index (Phi) is 11.3. The molecule has 1 aliphatic rings. The van der Waals surface area contributed by atoms with Crippen molar-refractivity contribution < 1.29 is 26.2 Å². The average Bonchev–Trinajstić information content (AvgIpc) is 3.62. The van der Waals surface area contributed by atoms with Gasteiger partial charge in [0.15, 0.2) is 0 Å².